The maximum absolute atomic E-state index is 9.82. The Bertz CT molecular complexity index is 239. The number of rotatable bonds is 2. The molecule has 52 valence electrons. The molecule has 1 aromatic heterocycles. The Kier molecular flexibility index (Phi) is 2.39. The van der Waals surface area contributed by atoms with Crippen LogP contribution in [0.1, 0.15) is 0 Å². The summed E-state index contributed by atoms with van der Waals surface area (Å²) in [5, 5.41) is 0. The summed E-state index contributed by atoms with van der Waals surface area (Å²) in [5.74, 6) is 0.435. The zero-order chi connectivity index (χ0) is 7.40. The highest BCUT2D eigenvalue weighted by atomic mass is 79.9. The van der Waals surface area contributed by atoms with Crippen LogP contribution < -0.4 is 4.74 Å². The zero-order valence-electron chi connectivity index (χ0n) is 4.95. The number of carbonyl (C=O) groups is 1. The number of hydrogen-bond donors (Lipinski definition) is 0. The van der Waals surface area contributed by atoms with E-state index in [0.717, 1.165) is 4.47 Å². The normalized spacial score (nSPS) is 8.90. The van der Waals surface area contributed by atoms with Gasteiger partial charge in [0.1, 0.15) is 5.75 Å². The lowest BCUT2D eigenvalue weighted by Gasteiger charge is -1.94. The molecule has 0 amide bonds. The lowest BCUT2D eigenvalue weighted by Crippen LogP contribution is -1.88. The van der Waals surface area contributed by atoms with E-state index >= 15 is 0 Å². The number of ether oxygens (including phenoxy) is 1. The van der Waals surface area contributed by atoms with Gasteiger partial charge in [0.15, 0.2) is 0 Å². The van der Waals surface area contributed by atoms with Gasteiger partial charge >= 0.3 is 0 Å². The molecule has 0 aliphatic rings. The lowest BCUT2D eigenvalue weighted by atomic mass is 10.5. The first-order valence-corrected chi connectivity index (χ1v) is 3.33. The molecule has 0 saturated heterocycles. The van der Waals surface area contributed by atoms with Gasteiger partial charge in [-0.15, -0.1) is 0 Å². The number of nitrogens with zero attached hydrogens (tertiary/aromatic N) is 1. The fourth-order valence-corrected chi connectivity index (χ4v) is 0.856. The molecular weight excluding hydrogens is 198 g/mol. The predicted molar refractivity (Wildman–Crippen MR) is 38.6 cm³/mol. The molecule has 1 heterocycles. The fourth-order valence-electron chi connectivity index (χ4n) is 0.512. The van der Waals surface area contributed by atoms with E-state index in [1.807, 2.05) is 0 Å². The zero-order valence-corrected chi connectivity index (χ0v) is 6.54. The van der Waals surface area contributed by atoms with Crippen LogP contribution in [-0.2, 0) is 4.79 Å². The number of hydrogen-bond acceptors (Lipinski definition) is 3. The highest BCUT2D eigenvalue weighted by Crippen LogP contribution is 2.14. The van der Waals surface area contributed by atoms with Crippen molar-refractivity contribution >= 4 is 22.4 Å². The summed E-state index contributed by atoms with van der Waals surface area (Å²) in [6, 6.07) is 1.65. The number of halogens is 1. The molecular formula is C6H4BrNO2. The molecule has 0 saturated carbocycles. The minimum atomic E-state index is 0.365. The van der Waals surface area contributed by atoms with E-state index in [9.17, 15) is 4.79 Å². The van der Waals surface area contributed by atoms with E-state index in [1.54, 1.807) is 12.3 Å². The summed E-state index contributed by atoms with van der Waals surface area (Å²) in [4.78, 5) is 13.6. The third-order valence-electron chi connectivity index (χ3n) is 0.864. The molecule has 0 aromatic carbocycles. The minimum absolute atomic E-state index is 0.365. The van der Waals surface area contributed by atoms with Crippen molar-refractivity contribution in [2.75, 3.05) is 0 Å². The molecule has 4 heteroatoms. The second-order valence-corrected chi connectivity index (χ2v) is 2.47. The lowest BCUT2D eigenvalue weighted by molar-refractivity contribution is -0.120. The van der Waals surface area contributed by atoms with E-state index < -0.39 is 0 Å². The van der Waals surface area contributed by atoms with Crippen LogP contribution in [0.15, 0.2) is 22.9 Å². The van der Waals surface area contributed by atoms with Crippen molar-refractivity contribution < 1.29 is 9.53 Å². The number of carbonyl (C=O) groups excluding carboxylic acids is 1. The Morgan fingerprint density at radius 1 is 1.60 bits per heavy atom. The van der Waals surface area contributed by atoms with Crippen LogP contribution >= 0.6 is 15.9 Å². The largest absolute Gasteiger partial charge is 0.427 e. The van der Waals surface area contributed by atoms with Gasteiger partial charge in [-0.05, 0) is 22.0 Å². The van der Waals surface area contributed by atoms with Gasteiger partial charge in [-0.2, -0.15) is 0 Å². The van der Waals surface area contributed by atoms with Crippen molar-refractivity contribution in [3.05, 3.63) is 22.9 Å². The van der Waals surface area contributed by atoms with Crippen LogP contribution in [0.2, 0.25) is 0 Å². The first-order valence-electron chi connectivity index (χ1n) is 2.54. The first-order chi connectivity index (χ1) is 4.83. The summed E-state index contributed by atoms with van der Waals surface area (Å²) in [6.07, 6.45) is 3.07. The highest BCUT2D eigenvalue weighted by Gasteiger charge is 1.92. The SMILES string of the molecule is O=COc1cncc(Br)c1. The Morgan fingerprint density at radius 3 is 3.00 bits per heavy atom. The average molecular weight is 202 g/mol. The Balaban J connectivity index is 2.84. The van der Waals surface area contributed by atoms with E-state index in [1.165, 1.54) is 6.20 Å². The van der Waals surface area contributed by atoms with Gasteiger partial charge in [0.05, 0.1) is 6.20 Å². The Labute approximate surface area is 66.2 Å². The minimum Gasteiger partial charge on any atom is -0.427 e. The third-order valence-corrected chi connectivity index (χ3v) is 1.30. The molecule has 0 N–H and O–H groups in total. The smallest absolute Gasteiger partial charge is 0.298 e. The molecule has 3 nitrogen and oxygen atoms in total. The van der Waals surface area contributed by atoms with Crippen LogP contribution in [0.5, 0.6) is 5.75 Å². The van der Waals surface area contributed by atoms with Crippen molar-refractivity contribution in [1.29, 1.82) is 0 Å². The van der Waals surface area contributed by atoms with Crippen molar-refractivity contribution in [3.8, 4) is 5.75 Å². The van der Waals surface area contributed by atoms with Gasteiger partial charge in [0, 0.05) is 10.7 Å². The monoisotopic (exact) mass is 201 g/mol. The summed E-state index contributed by atoms with van der Waals surface area (Å²) in [6.45, 7) is 0.365. The van der Waals surface area contributed by atoms with Gasteiger partial charge in [0.25, 0.3) is 6.47 Å². The average Bonchev–Trinajstić information content (AvgIpc) is 1.88. The maximum atomic E-state index is 9.82. The van der Waals surface area contributed by atoms with Gasteiger partial charge in [-0.1, -0.05) is 0 Å². The van der Waals surface area contributed by atoms with Crippen LogP contribution in [0, 0.1) is 0 Å². The van der Waals surface area contributed by atoms with Gasteiger partial charge in [-0.3, -0.25) is 9.78 Å². The maximum Gasteiger partial charge on any atom is 0.298 e. The molecule has 1 aromatic rings. The van der Waals surface area contributed by atoms with Crippen molar-refractivity contribution in [2.24, 2.45) is 0 Å². The summed E-state index contributed by atoms with van der Waals surface area (Å²) >= 11 is 3.17. The molecule has 0 radical (unpaired) electrons. The van der Waals surface area contributed by atoms with Gasteiger partial charge in [0.2, 0.25) is 0 Å². The molecule has 0 aliphatic carbocycles. The summed E-state index contributed by atoms with van der Waals surface area (Å²) in [5.41, 5.74) is 0. The van der Waals surface area contributed by atoms with E-state index in [0.29, 0.717) is 12.2 Å². The van der Waals surface area contributed by atoms with Crippen LogP contribution in [-0.4, -0.2) is 11.5 Å². The van der Waals surface area contributed by atoms with E-state index in [4.69, 9.17) is 0 Å². The molecule has 0 fully saturated rings. The van der Waals surface area contributed by atoms with Crippen molar-refractivity contribution in [1.82, 2.24) is 4.98 Å². The number of aromatic nitrogens is 1. The first kappa shape index (κ1) is 7.21. The van der Waals surface area contributed by atoms with E-state index in [-0.39, 0.29) is 0 Å². The van der Waals surface area contributed by atoms with Crippen LogP contribution in [0.25, 0.3) is 0 Å². The quantitative estimate of drug-likeness (QED) is 0.680. The predicted octanol–water partition coefficient (Wildman–Crippen LogP) is 1.38. The second-order valence-electron chi connectivity index (χ2n) is 1.55. The molecule has 1 rings (SSSR count). The molecule has 10 heavy (non-hydrogen) atoms. The molecule has 0 bridgehead atoms. The van der Waals surface area contributed by atoms with Crippen LogP contribution in [0.3, 0.4) is 0 Å². The molecule has 0 spiro atoms. The second kappa shape index (κ2) is 3.31. The van der Waals surface area contributed by atoms with Crippen LogP contribution in [0.4, 0.5) is 0 Å². The van der Waals surface area contributed by atoms with Crippen molar-refractivity contribution in [3.63, 3.8) is 0 Å². The van der Waals surface area contributed by atoms with Gasteiger partial charge in [-0.25, -0.2) is 0 Å². The molecule has 0 unspecified atom stereocenters. The van der Waals surface area contributed by atoms with E-state index in [2.05, 4.69) is 25.7 Å². The summed E-state index contributed by atoms with van der Waals surface area (Å²) < 4.78 is 5.30. The standard InChI is InChI=1S/C6H4BrNO2/c7-5-1-6(10-4-9)3-8-2-5/h1-4H. The Hall–Kier alpha value is -0.900. The van der Waals surface area contributed by atoms with Gasteiger partial charge < -0.3 is 4.74 Å². The molecule has 0 atom stereocenters. The highest BCUT2D eigenvalue weighted by molar-refractivity contribution is 9.10. The summed E-state index contributed by atoms with van der Waals surface area (Å²) in [7, 11) is 0. The number of pyridine rings is 1. The topological polar surface area (TPSA) is 39.2 Å². The fraction of sp³-hybridized carbons (Fsp3) is 0. The van der Waals surface area contributed by atoms with Crippen molar-refractivity contribution in [2.45, 2.75) is 0 Å². The third kappa shape index (κ3) is 1.80. The Morgan fingerprint density at radius 2 is 2.40 bits per heavy atom. The molecule has 0 aliphatic heterocycles.